The fourth-order valence-electron chi connectivity index (χ4n) is 1.53. The summed E-state index contributed by atoms with van der Waals surface area (Å²) in [5.74, 6) is -1.26. The van der Waals surface area contributed by atoms with Crippen molar-refractivity contribution in [3.63, 3.8) is 0 Å². The Morgan fingerprint density at radius 2 is 2.11 bits per heavy atom. The molecule has 0 atom stereocenters. The fraction of sp³-hybridized carbons (Fsp3) is 0.222. The number of aromatic nitrogens is 2. The van der Waals surface area contributed by atoms with Crippen molar-refractivity contribution >= 4 is 16.7 Å². The molecule has 0 radical (unpaired) electrons. The molecule has 0 fully saturated rings. The molecule has 6 nitrogen and oxygen atoms in total. The Kier molecular flexibility index (Phi) is 2.70. The lowest BCUT2D eigenvalue weighted by Gasteiger charge is -1.99. The number of nitrogens with zero attached hydrogens (tertiary/aromatic N) is 2. The monoisotopic (exact) mass is 261 g/mol. The molecule has 0 aliphatic rings. The third-order valence-electron chi connectivity index (χ3n) is 2.30. The largest absolute Gasteiger partial charge is 0.449 e. The highest BCUT2D eigenvalue weighted by Crippen LogP contribution is 2.31. The van der Waals surface area contributed by atoms with Crippen LogP contribution >= 0.6 is 0 Å². The predicted octanol–water partition coefficient (Wildman–Crippen LogP) is 1.98. The van der Waals surface area contributed by atoms with Gasteiger partial charge in [-0.25, -0.2) is 4.98 Å². The minimum Gasteiger partial charge on any atom is -0.392 e. The van der Waals surface area contributed by atoms with Gasteiger partial charge in [0, 0.05) is 17.7 Å². The number of nitro groups is 1. The minimum atomic E-state index is -4.68. The van der Waals surface area contributed by atoms with Crippen molar-refractivity contribution in [2.45, 2.75) is 12.8 Å². The third kappa shape index (κ3) is 1.99. The number of aliphatic hydroxyl groups excluding tert-OH is 1. The van der Waals surface area contributed by atoms with Crippen LogP contribution in [0.5, 0.6) is 0 Å². The number of rotatable bonds is 2. The molecule has 1 aromatic heterocycles. The highest BCUT2D eigenvalue weighted by molar-refractivity contribution is 5.81. The number of alkyl halides is 3. The van der Waals surface area contributed by atoms with E-state index in [0.717, 1.165) is 12.1 Å². The van der Waals surface area contributed by atoms with Crippen molar-refractivity contribution in [2.75, 3.05) is 0 Å². The van der Waals surface area contributed by atoms with Crippen molar-refractivity contribution < 1.29 is 23.2 Å². The predicted molar refractivity (Wildman–Crippen MR) is 53.7 cm³/mol. The van der Waals surface area contributed by atoms with E-state index in [1.165, 1.54) is 0 Å². The van der Waals surface area contributed by atoms with Gasteiger partial charge in [-0.2, -0.15) is 13.2 Å². The number of imidazole rings is 1. The van der Waals surface area contributed by atoms with Crippen LogP contribution in [0.4, 0.5) is 18.9 Å². The molecule has 0 unspecified atom stereocenters. The first-order valence-corrected chi connectivity index (χ1v) is 4.68. The second kappa shape index (κ2) is 3.95. The second-order valence-corrected chi connectivity index (χ2v) is 3.50. The van der Waals surface area contributed by atoms with Crippen molar-refractivity contribution in [1.82, 2.24) is 9.97 Å². The molecular weight excluding hydrogens is 255 g/mol. The lowest BCUT2D eigenvalue weighted by Crippen LogP contribution is -2.06. The molecule has 1 heterocycles. The van der Waals surface area contributed by atoms with Crippen LogP contribution in [0.2, 0.25) is 0 Å². The third-order valence-corrected chi connectivity index (χ3v) is 2.30. The van der Waals surface area contributed by atoms with E-state index in [1.54, 1.807) is 0 Å². The molecule has 9 heteroatoms. The summed E-state index contributed by atoms with van der Waals surface area (Å²) in [4.78, 5) is 15.1. The molecule has 0 bridgehead atoms. The molecular formula is C9H6F3N3O3. The first kappa shape index (κ1) is 12.3. The van der Waals surface area contributed by atoms with E-state index in [-0.39, 0.29) is 16.6 Å². The summed E-state index contributed by atoms with van der Waals surface area (Å²) >= 11 is 0. The van der Waals surface area contributed by atoms with E-state index in [0.29, 0.717) is 0 Å². The van der Waals surface area contributed by atoms with Crippen molar-refractivity contribution in [3.05, 3.63) is 33.6 Å². The van der Waals surface area contributed by atoms with Gasteiger partial charge in [0.15, 0.2) is 0 Å². The van der Waals surface area contributed by atoms with Crippen molar-refractivity contribution in [1.29, 1.82) is 0 Å². The highest BCUT2D eigenvalue weighted by Gasteiger charge is 2.35. The number of benzene rings is 1. The zero-order chi connectivity index (χ0) is 13.5. The Balaban J connectivity index is 2.71. The summed E-state index contributed by atoms with van der Waals surface area (Å²) in [7, 11) is 0. The molecule has 0 saturated heterocycles. The molecule has 0 saturated carbocycles. The Hall–Kier alpha value is -2.16. The number of aliphatic hydroxyl groups is 1. The molecule has 2 aromatic rings. The summed E-state index contributed by atoms with van der Waals surface area (Å²) in [5.41, 5.74) is -0.717. The van der Waals surface area contributed by atoms with Crippen LogP contribution in [0.15, 0.2) is 12.1 Å². The molecule has 2 N–H and O–H groups in total. The van der Waals surface area contributed by atoms with Gasteiger partial charge in [0.2, 0.25) is 5.82 Å². The minimum absolute atomic E-state index is 0.0362. The number of nitro benzene ring substituents is 1. The lowest BCUT2D eigenvalue weighted by molar-refractivity contribution is -0.384. The smallest absolute Gasteiger partial charge is 0.392 e. The number of hydrogen-bond acceptors (Lipinski definition) is 4. The number of non-ortho nitro benzene ring substituents is 1. The average molecular weight is 261 g/mol. The first-order chi connectivity index (χ1) is 8.32. The maximum absolute atomic E-state index is 12.4. The normalized spacial score (nSPS) is 12.0. The van der Waals surface area contributed by atoms with Crippen LogP contribution < -0.4 is 0 Å². The van der Waals surface area contributed by atoms with E-state index in [2.05, 4.69) is 4.98 Å². The molecule has 2 rings (SSSR count). The first-order valence-electron chi connectivity index (χ1n) is 4.68. The van der Waals surface area contributed by atoms with Crippen LogP contribution in [0, 0.1) is 10.1 Å². The van der Waals surface area contributed by atoms with Gasteiger partial charge in [-0.3, -0.25) is 10.1 Å². The molecule has 18 heavy (non-hydrogen) atoms. The standard InChI is InChI=1S/C9H6F3N3O3/c10-9(11,12)8-13-6-2-5(15(17)18)1-4(3-16)7(6)14-8/h1-2,16H,3H2,(H,13,14). The van der Waals surface area contributed by atoms with Gasteiger partial charge in [-0.05, 0) is 0 Å². The van der Waals surface area contributed by atoms with Crippen LogP contribution in [0.25, 0.3) is 11.0 Å². The molecule has 1 aromatic carbocycles. The van der Waals surface area contributed by atoms with E-state index in [4.69, 9.17) is 5.11 Å². The number of H-pyrrole nitrogens is 1. The van der Waals surface area contributed by atoms with Crippen LogP contribution in [-0.2, 0) is 12.8 Å². The van der Waals surface area contributed by atoms with E-state index < -0.39 is 29.2 Å². The topological polar surface area (TPSA) is 92.1 Å². The van der Waals surface area contributed by atoms with Crippen LogP contribution in [0.3, 0.4) is 0 Å². The summed E-state index contributed by atoms with van der Waals surface area (Å²) in [6.45, 7) is -0.639. The van der Waals surface area contributed by atoms with Gasteiger partial charge >= 0.3 is 6.18 Å². The molecule has 0 spiro atoms. The maximum Gasteiger partial charge on any atom is 0.449 e. The van der Waals surface area contributed by atoms with E-state index in [9.17, 15) is 23.3 Å². The summed E-state index contributed by atoms with van der Waals surface area (Å²) in [6.07, 6.45) is -4.68. The average Bonchev–Trinajstić information content (AvgIpc) is 2.70. The maximum atomic E-state index is 12.4. The molecule has 0 amide bonds. The van der Waals surface area contributed by atoms with Gasteiger partial charge in [0.1, 0.15) is 0 Å². The number of fused-ring (bicyclic) bond motifs is 1. The van der Waals surface area contributed by atoms with E-state index in [1.807, 2.05) is 4.98 Å². The number of nitrogens with one attached hydrogen (secondary N) is 1. The Bertz CT molecular complexity index is 621. The lowest BCUT2D eigenvalue weighted by atomic mass is 10.1. The Morgan fingerprint density at radius 3 is 2.61 bits per heavy atom. The zero-order valence-corrected chi connectivity index (χ0v) is 8.65. The van der Waals surface area contributed by atoms with Crippen molar-refractivity contribution in [2.24, 2.45) is 0 Å². The summed E-state index contributed by atoms with van der Waals surface area (Å²) < 4.78 is 37.3. The number of halogens is 3. The molecule has 0 aliphatic heterocycles. The number of aromatic amines is 1. The molecule has 0 aliphatic carbocycles. The van der Waals surface area contributed by atoms with Gasteiger partial charge in [-0.15, -0.1) is 0 Å². The summed E-state index contributed by atoms with van der Waals surface area (Å²) in [5, 5.41) is 19.6. The number of hydrogen-bond donors (Lipinski definition) is 2. The van der Waals surface area contributed by atoms with Crippen molar-refractivity contribution in [3.8, 4) is 0 Å². The van der Waals surface area contributed by atoms with Crippen LogP contribution in [0.1, 0.15) is 11.4 Å². The van der Waals surface area contributed by atoms with E-state index >= 15 is 0 Å². The summed E-state index contributed by atoms with van der Waals surface area (Å²) in [6, 6.07) is 1.93. The fourth-order valence-corrected chi connectivity index (χ4v) is 1.53. The Labute approximate surface area is 97.2 Å². The van der Waals surface area contributed by atoms with Crippen LogP contribution in [-0.4, -0.2) is 20.0 Å². The SMILES string of the molecule is O=[N+]([O-])c1cc(CO)c2nc(C(F)(F)F)[nH]c2c1. The van der Waals surface area contributed by atoms with Gasteiger partial charge in [0.05, 0.1) is 22.6 Å². The highest BCUT2D eigenvalue weighted by atomic mass is 19.4. The zero-order valence-electron chi connectivity index (χ0n) is 8.65. The molecule has 96 valence electrons. The van der Waals surface area contributed by atoms with Gasteiger partial charge < -0.3 is 10.1 Å². The quantitative estimate of drug-likeness (QED) is 0.638. The van der Waals surface area contributed by atoms with Gasteiger partial charge in [0.25, 0.3) is 5.69 Å². The van der Waals surface area contributed by atoms with Gasteiger partial charge in [-0.1, -0.05) is 0 Å². The Morgan fingerprint density at radius 1 is 1.44 bits per heavy atom. The second-order valence-electron chi connectivity index (χ2n) is 3.50.